The molecule has 1 aliphatic rings. The van der Waals surface area contributed by atoms with Gasteiger partial charge >= 0.3 is 0 Å². The van der Waals surface area contributed by atoms with Crippen LogP contribution in [0, 0.1) is 20.8 Å². The second-order valence-electron chi connectivity index (χ2n) is 10.0. The van der Waals surface area contributed by atoms with Crippen molar-refractivity contribution < 1.29 is 13.2 Å². The van der Waals surface area contributed by atoms with Crippen LogP contribution in [0.25, 0.3) is 10.2 Å². The highest BCUT2D eigenvalue weighted by Gasteiger charge is 2.20. The summed E-state index contributed by atoms with van der Waals surface area (Å²) >= 11 is 1.76. The first-order valence-corrected chi connectivity index (χ1v) is 15.3. The maximum atomic E-state index is 12.6. The van der Waals surface area contributed by atoms with E-state index in [0.717, 1.165) is 48.9 Å². The summed E-state index contributed by atoms with van der Waals surface area (Å²) in [7, 11) is -3.69. The van der Waals surface area contributed by atoms with Gasteiger partial charge in [0.25, 0.3) is 15.9 Å². The van der Waals surface area contributed by atoms with Crippen molar-refractivity contribution in [1.82, 2.24) is 15.2 Å². The zero-order chi connectivity index (χ0) is 27.6. The molecule has 1 amide bonds. The summed E-state index contributed by atoms with van der Waals surface area (Å²) in [6, 6.07) is 17.5. The number of carbonyl (C=O) groups excluding carboxylic acids is 1. The molecule has 0 aliphatic carbocycles. The van der Waals surface area contributed by atoms with Crippen LogP contribution in [0.15, 0.2) is 65.6 Å². The summed E-state index contributed by atoms with van der Waals surface area (Å²) in [5.74, 6) is -0.179. The first kappa shape index (κ1) is 27.1. The largest absolute Gasteiger partial charge is 0.351 e. The van der Waals surface area contributed by atoms with Crippen molar-refractivity contribution in [2.24, 2.45) is 0 Å². The Bertz CT molecular complexity index is 1570. The average molecular weight is 564 g/mol. The molecule has 39 heavy (non-hydrogen) atoms. The zero-order valence-corrected chi connectivity index (χ0v) is 24.0. The molecule has 5 rings (SSSR count). The van der Waals surface area contributed by atoms with Crippen molar-refractivity contribution in [3.05, 3.63) is 82.9 Å². The number of aryl methyl sites for hydroxylation is 3. The van der Waals surface area contributed by atoms with Crippen LogP contribution in [-0.2, 0) is 10.0 Å². The molecule has 0 radical (unpaired) electrons. The molecule has 1 fully saturated rings. The predicted octanol–water partition coefficient (Wildman–Crippen LogP) is 4.57. The molecular weight excluding hydrogens is 530 g/mol. The lowest BCUT2D eigenvalue weighted by molar-refractivity contribution is 0.0948. The Kier molecular flexibility index (Phi) is 7.88. The Morgan fingerprint density at radius 3 is 2.31 bits per heavy atom. The fourth-order valence-electron chi connectivity index (χ4n) is 4.71. The van der Waals surface area contributed by atoms with E-state index >= 15 is 0 Å². The van der Waals surface area contributed by atoms with Gasteiger partial charge in [0.05, 0.1) is 15.1 Å². The van der Waals surface area contributed by atoms with Gasteiger partial charge in [0, 0.05) is 50.5 Å². The summed E-state index contributed by atoms with van der Waals surface area (Å²) in [5.41, 5.74) is 5.47. The van der Waals surface area contributed by atoms with E-state index in [1.807, 2.05) is 6.92 Å². The molecular formula is C29H33N5O3S2. The smallest absolute Gasteiger partial charge is 0.261 e. The SMILES string of the molecule is Cc1ccc(S(=O)(=O)Nc2ccc(C(=O)NCCN3CCN(c4nc5c(C)cc(C)cc5s4)CC3)cc2)cc1. The van der Waals surface area contributed by atoms with Gasteiger partial charge in [-0.05, 0) is 74.4 Å². The van der Waals surface area contributed by atoms with Crippen molar-refractivity contribution in [3.8, 4) is 0 Å². The summed E-state index contributed by atoms with van der Waals surface area (Å²) in [6.45, 7) is 11.1. The van der Waals surface area contributed by atoms with Gasteiger partial charge in [0.15, 0.2) is 5.13 Å². The van der Waals surface area contributed by atoms with Gasteiger partial charge in [-0.15, -0.1) is 0 Å². The number of aromatic nitrogens is 1. The molecule has 0 unspecified atom stereocenters. The van der Waals surface area contributed by atoms with E-state index in [9.17, 15) is 13.2 Å². The number of piperazine rings is 1. The molecule has 1 aromatic heterocycles. The van der Waals surface area contributed by atoms with Crippen molar-refractivity contribution in [2.45, 2.75) is 25.7 Å². The van der Waals surface area contributed by atoms with Crippen LogP contribution in [0.2, 0.25) is 0 Å². The molecule has 1 saturated heterocycles. The second kappa shape index (κ2) is 11.3. The average Bonchev–Trinajstić information content (AvgIpc) is 3.34. The van der Waals surface area contributed by atoms with E-state index in [2.05, 4.69) is 45.8 Å². The Morgan fingerprint density at radius 1 is 0.923 bits per heavy atom. The second-order valence-corrected chi connectivity index (χ2v) is 12.7. The number of amides is 1. The third-order valence-corrected chi connectivity index (χ3v) is 9.37. The molecule has 8 nitrogen and oxygen atoms in total. The van der Waals surface area contributed by atoms with Crippen LogP contribution >= 0.6 is 11.3 Å². The summed E-state index contributed by atoms with van der Waals surface area (Å²) < 4.78 is 29.0. The van der Waals surface area contributed by atoms with Crippen molar-refractivity contribution in [3.63, 3.8) is 0 Å². The standard InChI is InChI=1S/C29H33N5O3S2/c1-20-4-10-25(11-5-20)39(36,37)32-24-8-6-23(7-9-24)28(35)30-12-13-33-14-16-34(17-15-33)29-31-27-22(3)18-21(2)19-26(27)38-29/h4-11,18-19,32H,12-17H2,1-3H3,(H,30,35). The van der Waals surface area contributed by atoms with Gasteiger partial charge in [0.2, 0.25) is 0 Å². The van der Waals surface area contributed by atoms with E-state index in [1.165, 1.54) is 15.8 Å². The van der Waals surface area contributed by atoms with Crippen LogP contribution in [0.3, 0.4) is 0 Å². The number of nitrogens with one attached hydrogen (secondary N) is 2. The highest BCUT2D eigenvalue weighted by Crippen LogP contribution is 2.32. The van der Waals surface area contributed by atoms with Gasteiger partial charge in [-0.2, -0.15) is 0 Å². The summed E-state index contributed by atoms with van der Waals surface area (Å²) in [4.78, 5) is 22.4. The van der Waals surface area contributed by atoms with Crippen LogP contribution in [0.4, 0.5) is 10.8 Å². The molecule has 10 heteroatoms. The molecule has 1 aliphatic heterocycles. The predicted molar refractivity (Wildman–Crippen MR) is 159 cm³/mol. The molecule has 2 N–H and O–H groups in total. The lowest BCUT2D eigenvalue weighted by atomic mass is 10.1. The first-order chi connectivity index (χ1) is 18.7. The van der Waals surface area contributed by atoms with E-state index in [0.29, 0.717) is 17.8 Å². The normalized spacial score (nSPS) is 14.5. The van der Waals surface area contributed by atoms with Gasteiger partial charge < -0.3 is 10.2 Å². The number of hydrogen-bond donors (Lipinski definition) is 2. The fraction of sp³-hybridized carbons (Fsp3) is 0.310. The topological polar surface area (TPSA) is 94.6 Å². The number of rotatable bonds is 8. The number of hydrogen-bond acceptors (Lipinski definition) is 7. The minimum atomic E-state index is -3.69. The first-order valence-electron chi connectivity index (χ1n) is 13.0. The van der Waals surface area contributed by atoms with Crippen molar-refractivity contribution in [1.29, 1.82) is 0 Å². The maximum absolute atomic E-state index is 12.6. The van der Waals surface area contributed by atoms with Crippen LogP contribution in [0.1, 0.15) is 27.0 Å². The number of thiazole rings is 1. The number of carbonyl (C=O) groups is 1. The van der Waals surface area contributed by atoms with Crippen LogP contribution in [-0.4, -0.2) is 63.5 Å². The molecule has 0 bridgehead atoms. The van der Waals surface area contributed by atoms with Crippen LogP contribution < -0.4 is 14.9 Å². The van der Waals surface area contributed by atoms with E-state index < -0.39 is 10.0 Å². The van der Waals surface area contributed by atoms with Gasteiger partial charge in [-0.3, -0.25) is 14.4 Å². The lowest BCUT2D eigenvalue weighted by Crippen LogP contribution is -2.48. The van der Waals surface area contributed by atoms with Gasteiger partial charge in [0.1, 0.15) is 0 Å². The van der Waals surface area contributed by atoms with Gasteiger partial charge in [-0.25, -0.2) is 13.4 Å². The molecule has 0 saturated carbocycles. The van der Waals surface area contributed by atoms with E-state index in [1.54, 1.807) is 59.9 Å². The van der Waals surface area contributed by atoms with Crippen molar-refractivity contribution in [2.75, 3.05) is 48.9 Å². The lowest BCUT2D eigenvalue weighted by Gasteiger charge is -2.34. The molecule has 204 valence electrons. The molecule has 3 aromatic carbocycles. The number of sulfonamides is 1. The fourth-order valence-corrected chi connectivity index (χ4v) is 6.96. The monoisotopic (exact) mass is 563 g/mol. The number of anilines is 2. The maximum Gasteiger partial charge on any atom is 0.261 e. The Balaban J connectivity index is 1.08. The Labute approximate surface area is 233 Å². The molecule has 0 atom stereocenters. The van der Waals surface area contributed by atoms with E-state index in [4.69, 9.17) is 4.98 Å². The zero-order valence-electron chi connectivity index (χ0n) is 22.4. The Hall–Kier alpha value is -3.47. The minimum absolute atomic E-state index is 0.179. The number of benzene rings is 3. The molecule has 0 spiro atoms. The highest BCUT2D eigenvalue weighted by atomic mass is 32.2. The number of fused-ring (bicyclic) bond motifs is 1. The summed E-state index contributed by atoms with van der Waals surface area (Å²) in [6.07, 6.45) is 0. The number of nitrogens with zero attached hydrogens (tertiary/aromatic N) is 3. The summed E-state index contributed by atoms with van der Waals surface area (Å²) in [5, 5.41) is 4.05. The third kappa shape index (κ3) is 6.41. The third-order valence-electron chi connectivity index (χ3n) is 6.91. The van der Waals surface area contributed by atoms with Crippen molar-refractivity contribution >= 4 is 48.3 Å². The van der Waals surface area contributed by atoms with Gasteiger partial charge in [-0.1, -0.05) is 35.1 Å². The Morgan fingerprint density at radius 2 is 1.62 bits per heavy atom. The quantitative estimate of drug-likeness (QED) is 0.326. The minimum Gasteiger partial charge on any atom is -0.351 e. The molecule has 2 heterocycles. The molecule has 4 aromatic rings. The van der Waals surface area contributed by atoms with Crippen LogP contribution in [0.5, 0.6) is 0 Å². The highest BCUT2D eigenvalue weighted by molar-refractivity contribution is 7.92. The van der Waals surface area contributed by atoms with E-state index in [-0.39, 0.29) is 10.8 Å².